The molecule has 3 aromatic heterocycles. The van der Waals surface area contributed by atoms with Crippen LogP contribution < -0.4 is 4.90 Å². The summed E-state index contributed by atoms with van der Waals surface area (Å²) in [5, 5.41) is 5.63. The van der Waals surface area contributed by atoms with Crippen molar-refractivity contribution in [3.63, 3.8) is 0 Å². The second kappa shape index (κ2) is 10.9. The van der Waals surface area contributed by atoms with E-state index in [-0.39, 0.29) is 24.0 Å². The quantitative estimate of drug-likeness (QED) is 0.298. The summed E-state index contributed by atoms with van der Waals surface area (Å²) in [7, 11) is 2.06. The first-order valence-corrected chi connectivity index (χ1v) is 13.0. The van der Waals surface area contributed by atoms with Gasteiger partial charge < -0.3 is 14.4 Å². The summed E-state index contributed by atoms with van der Waals surface area (Å²) in [6.45, 7) is 7.58. The molecule has 4 aromatic rings. The molecule has 8 nitrogen and oxygen atoms in total. The largest absolute Gasteiger partial charge is 0.461 e. The van der Waals surface area contributed by atoms with Gasteiger partial charge in [-0.05, 0) is 67.6 Å². The minimum atomic E-state index is -0.530. The lowest BCUT2D eigenvalue weighted by Gasteiger charge is -2.32. The molecule has 0 radical (unpaired) electrons. The van der Waals surface area contributed by atoms with E-state index in [1.165, 1.54) is 12.1 Å². The lowest BCUT2D eigenvalue weighted by atomic mass is 9.98. The van der Waals surface area contributed by atoms with E-state index in [2.05, 4.69) is 16.9 Å². The summed E-state index contributed by atoms with van der Waals surface area (Å²) in [5.74, 6) is 0.00863. The van der Waals surface area contributed by atoms with Gasteiger partial charge in [0.25, 0.3) is 0 Å². The van der Waals surface area contributed by atoms with Crippen LogP contribution in [0.1, 0.15) is 55.7 Å². The number of benzene rings is 1. The normalized spacial score (nSPS) is 14.3. The summed E-state index contributed by atoms with van der Waals surface area (Å²) in [6, 6.07) is 12.3. The molecule has 1 aromatic carbocycles. The van der Waals surface area contributed by atoms with Gasteiger partial charge >= 0.3 is 5.97 Å². The molecule has 0 amide bonds. The number of halogens is 1. The van der Waals surface area contributed by atoms with Crippen molar-refractivity contribution in [1.29, 1.82) is 0 Å². The molecule has 38 heavy (non-hydrogen) atoms. The van der Waals surface area contributed by atoms with Crippen molar-refractivity contribution < 1.29 is 18.7 Å². The Balaban J connectivity index is 1.67. The molecular weight excluding hydrogens is 485 g/mol. The van der Waals surface area contributed by atoms with Crippen LogP contribution >= 0.6 is 0 Å². The second-order valence-corrected chi connectivity index (χ2v) is 9.77. The van der Waals surface area contributed by atoms with E-state index in [1.807, 2.05) is 32.2 Å². The van der Waals surface area contributed by atoms with Crippen LogP contribution in [0, 0.1) is 5.82 Å². The van der Waals surface area contributed by atoms with Crippen LogP contribution in [0.3, 0.4) is 0 Å². The first-order chi connectivity index (χ1) is 18.4. The van der Waals surface area contributed by atoms with E-state index in [0.717, 1.165) is 54.1 Å². The van der Waals surface area contributed by atoms with Gasteiger partial charge in [0.15, 0.2) is 11.3 Å². The number of pyridine rings is 2. The molecule has 1 fully saturated rings. The molecule has 0 bridgehead atoms. The van der Waals surface area contributed by atoms with Crippen LogP contribution in [-0.4, -0.2) is 58.6 Å². The highest BCUT2D eigenvalue weighted by Gasteiger charge is 2.24. The van der Waals surface area contributed by atoms with Gasteiger partial charge in [-0.1, -0.05) is 19.9 Å². The Morgan fingerprint density at radius 2 is 2.00 bits per heavy atom. The van der Waals surface area contributed by atoms with Gasteiger partial charge in [0.05, 0.1) is 23.4 Å². The van der Waals surface area contributed by atoms with Crippen molar-refractivity contribution in [1.82, 2.24) is 19.7 Å². The maximum atomic E-state index is 14.2. The number of rotatable bonds is 7. The zero-order chi connectivity index (χ0) is 26.8. The molecule has 0 atom stereocenters. The second-order valence-electron chi connectivity index (χ2n) is 9.77. The van der Waals surface area contributed by atoms with E-state index in [4.69, 9.17) is 19.6 Å². The maximum Gasteiger partial charge on any atom is 0.357 e. The van der Waals surface area contributed by atoms with Crippen molar-refractivity contribution in [3.05, 3.63) is 65.9 Å². The Kier molecular flexibility index (Phi) is 7.37. The Morgan fingerprint density at radius 1 is 1.21 bits per heavy atom. The van der Waals surface area contributed by atoms with Gasteiger partial charge in [0.2, 0.25) is 0 Å². The molecule has 5 rings (SSSR count). The number of anilines is 1. The third kappa shape index (κ3) is 4.98. The molecule has 0 saturated carbocycles. The Bertz CT molecular complexity index is 1440. The fourth-order valence-corrected chi connectivity index (χ4v) is 4.89. The third-order valence-electron chi connectivity index (χ3n) is 6.91. The van der Waals surface area contributed by atoms with Crippen LogP contribution in [-0.2, 0) is 9.47 Å². The SMILES string of the molecule is CCOC(=O)c1cc(-c2ccc(N(C)C3CCOCC3)nc2)c2c(C(C)C)nn(-c3cccc(F)c3)c2n1. The lowest BCUT2D eigenvalue weighted by molar-refractivity contribution is 0.0520. The van der Waals surface area contributed by atoms with Crippen LogP contribution in [0.2, 0.25) is 0 Å². The molecule has 0 aliphatic carbocycles. The average molecular weight is 518 g/mol. The lowest BCUT2D eigenvalue weighted by Crippen LogP contribution is -2.37. The molecule has 198 valence electrons. The van der Waals surface area contributed by atoms with Gasteiger partial charge in [-0.3, -0.25) is 0 Å². The number of fused-ring (bicyclic) bond motifs is 1. The van der Waals surface area contributed by atoms with Crippen molar-refractivity contribution in [3.8, 4) is 16.8 Å². The summed E-state index contributed by atoms with van der Waals surface area (Å²) in [6.07, 6.45) is 3.74. The topological polar surface area (TPSA) is 82.4 Å². The first kappa shape index (κ1) is 25.8. The monoisotopic (exact) mass is 517 g/mol. The molecule has 1 aliphatic heterocycles. The number of hydrogen-bond acceptors (Lipinski definition) is 7. The zero-order valence-corrected chi connectivity index (χ0v) is 22.1. The summed E-state index contributed by atoms with van der Waals surface area (Å²) in [5.41, 5.74) is 3.54. The Hall–Kier alpha value is -3.85. The summed E-state index contributed by atoms with van der Waals surface area (Å²) in [4.78, 5) is 24.5. The zero-order valence-electron chi connectivity index (χ0n) is 22.1. The predicted octanol–water partition coefficient (Wildman–Crippen LogP) is 5.54. The van der Waals surface area contributed by atoms with E-state index in [1.54, 1.807) is 29.8 Å². The molecular formula is C29H32FN5O3. The highest BCUT2D eigenvalue weighted by molar-refractivity contribution is 6.00. The van der Waals surface area contributed by atoms with E-state index in [0.29, 0.717) is 17.4 Å². The Morgan fingerprint density at radius 3 is 2.66 bits per heavy atom. The van der Waals surface area contributed by atoms with Crippen LogP contribution in [0.25, 0.3) is 27.8 Å². The predicted molar refractivity (Wildman–Crippen MR) is 144 cm³/mol. The molecule has 1 aliphatic rings. The van der Waals surface area contributed by atoms with Gasteiger partial charge in [-0.2, -0.15) is 5.10 Å². The van der Waals surface area contributed by atoms with Crippen LogP contribution in [0.15, 0.2) is 48.7 Å². The Labute approximate surface area is 221 Å². The highest BCUT2D eigenvalue weighted by Crippen LogP contribution is 2.36. The number of ether oxygens (including phenoxy) is 2. The maximum absolute atomic E-state index is 14.2. The number of hydrogen-bond donors (Lipinski definition) is 0. The van der Waals surface area contributed by atoms with Gasteiger partial charge in [-0.25, -0.2) is 23.8 Å². The van der Waals surface area contributed by atoms with Crippen LogP contribution in [0.5, 0.6) is 0 Å². The summed E-state index contributed by atoms with van der Waals surface area (Å²) >= 11 is 0. The summed E-state index contributed by atoms with van der Waals surface area (Å²) < 4.78 is 26.5. The third-order valence-corrected chi connectivity index (χ3v) is 6.91. The smallest absolute Gasteiger partial charge is 0.357 e. The van der Waals surface area contributed by atoms with Crippen molar-refractivity contribution >= 4 is 22.8 Å². The van der Waals surface area contributed by atoms with E-state index >= 15 is 0 Å². The molecule has 0 spiro atoms. The molecule has 9 heteroatoms. The standard InChI is InChI=1S/C29H32FN5O3/c1-5-38-29(36)24-16-23(19-9-10-25(31-17-19)34(4)21-11-13-37-14-12-21)26-27(18(2)3)33-35(28(26)32-24)22-8-6-7-20(30)15-22/h6-10,15-18,21H,5,11-14H2,1-4H3. The van der Waals surface area contributed by atoms with Crippen LogP contribution in [0.4, 0.5) is 10.2 Å². The fraction of sp³-hybridized carbons (Fsp3) is 0.379. The fourth-order valence-electron chi connectivity index (χ4n) is 4.89. The number of esters is 1. The minimum Gasteiger partial charge on any atom is -0.461 e. The van der Waals surface area contributed by atoms with Gasteiger partial charge in [0, 0.05) is 38.1 Å². The number of carbonyl (C=O) groups excluding carboxylic acids is 1. The van der Waals surface area contributed by atoms with Gasteiger partial charge in [0.1, 0.15) is 11.6 Å². The van der Waals surface area contributed by atoms with Crippen molar-refractivity contribution in [2.24, 2.45) is 0 Å². The van der Waals surface area contributed by atoms with Crippen molar-refractivity contribution in [2.75, 3.05) is 31.8 Å². The number of carbonyl (C=O) groups is 1. The minimum absolute atomic E-state index is 0.0492. The first-order valence-electron chi connectivity index (χ1n) is 13.0. The van der Waals surface area contributed by atoms with E-state index in [9.17, 15) is 9.18 Å². The number of nitrogens with zero attached hydrogens (tertiary/aromatic N) is 5. The molecule has 4 heterocycles. The average Bonchev–Trinajstić information content (AvgIpc) is 3.33. The number of aromatic nitrogens is 4. The molecule has 0 unspecified atom stereocenters. The van der Waals surface area contributed by atoms with E-state index < -0.39 is 5.97 Å². The molecule has 0 N–H and O–H groups in total. The van der Waals surface area contributed by atoms with Gasteiger partial charge in [-0.15, -0.1) is 0 Å². The highest BCUT2D eigenvalue weighted by atomic mass is 19.1. The van der Waals surface area contributed by atoms with Crippen molar-refractivity contribution in [2.45, 2.75) is 45.6 Å². The molecule has 1 saturated heterocycles.